The molecule has 0 aliphatic rings. The molecule has 6 heteroatoms. The third-order valence-electron chi connectivity index (χ3n) is 2.01. The first-order chi connectivity index (χ1) is 7.66. The Bertz CT molecular complexity index is 516. The normalized spacial score (nSPS) is 10.4. The van der Waals surface area contributed by atoms with Crippen molar-refractivity contribution in [3.05, 3.63) is 45.9 Å². The van der Waals surface area contributed by atoms with E-state index in [1.165, 1.54) is 12.3 Å². The fourth-order valence-electron chi connectivity index (χ4n) is 1.22. The number of Topliss-reactive ketones (excluding diaryl/α,β-unsaturated/α-hetero) is 1. The monoisotopic (exact) mass is 300 g/mol. The van der Waals surface area contributed by atoms with Gasteiger partial charge in [0.25, 0.3) is 0 Å². The van der Waals surface area contributed by atoms with Crippen molar-refractivity contribution in [2.45, 2.75) is 6.42 Å². The van der Waals surface area contributed by atoms with Gasteiger partial charge in [-0.15, -0.1) is 0 Å². The molecule has 0 aliphatic heterocycles. The van der Waals surface area contributed by atoms with Crippen LogP contribution >= 0.6 is 27.7 Å². The van der Waals surface area contributed by atoms with E-state index in [1.807, 2.05) is 0 Å². The van der Waals surface area contributed by atoms with Crippen LogP contribution in [-0.4, -0.2) is 14.5 Å². The van der Waals surface area contributed by atoms with Crippen LogP contribution in [0.25, 0.3) is 0 Å². The molecule has 0 atom stereocenters. The zero-order valence-electron chi connectivity index (χ0n) is 7.98. The summed E-state index contributed by atoms with van der Waals surface area (Å²) in [5, 5.41) is 0. The lowest BCUT2D eigenvalue weighted by Crippen LogP contribution is -2.05. The predicted molar refractivity (Wildman–Crippen MR) is 62.0 cm³/mol. The van der Waals surface area contributed by atoms with E-state index in [9.17, 15) is 9.18 Å². The summed E-state index contributed by atoms with van der Waals surface area (Å²) in [6, 6.07) is 4.62. The smallest absolute Gasteiger partial charge is 0.188 e. The number of carbonyl (C=O) groups excluding carboxylic acids is 1. The van der Waals surface area contributed by atoms with E-state index in [0.717, 1.165) is 11.7 Å². The molecule has 0 N–H and O–H groups in total. The van der Waals surface area contributed by atoms with Gasteiger partial charge in [-0.3, -0.25) is 4.79 Å². The van der Waals surface area contributed by atoms with E-state index in [2.05, 4.69) is 24.7 Å². The maximum absolute atomic E-state index is 13.4. The molecule has 0 fully saturated rings. The first-order valence-electron chi connectivity index (χ1n) is 4.41. The Kier molecular flexibility index (Phi) is 3.40. The SMILES string of the molecule is O=C(Cc1ccc(Br)cc1F)c1cnsn1. The van der Waals surface area contributed by atoms with Crippen LogP contribution in [0.1, 0.15) is 16.1 Å². The number of hydrogen-bond acceptors (Lipinski definition) is 4. The summed E-state index contributed by atoms with van der Waals surface area (Å²) in [6.45, 7) is 0. The van der Waals surface area contributed by atoms with Crippen LogP contribution in [0.5, 0.6) is 0 Å². The molecule has 0 unspecified atom stereocenters. The first-order valence-corrected chi connectivity index (χ1v) is 5.94. The predicted octanol–water partition coefficient (Wildman–Crippen LogP) is 2.87. The number of ketones is 1. The second-order valence-corrected chi connectivity index (χ2v) is 4.60. The summed E-state index contributed by atoms with van der Waals surface area (Å²) >= 11 is 4.12. The Morgan fingerprint density at radius 2 is 2.31 bits per heavy atom. The molecule has 3 nitrogen and oxygen atoms in total. The highest BCUT2D eigenvalue weighted by atomic mass is 79.9. The molecule has 0 amide bonds. The number of aromatic nitrogens is 2. The lowest BCUT2D eigenvalue weighted by molar-refractivity contribution is 0.0988. The molecular weight excluding hydrogens is 295 g/mol. The van der Waals surface area contributed by atoms with E-state index >= 15 is 0 Å². The van der Waals surface area contributed by atoms with Gasteiger partial charge in [-0.05, 0) is 17.7 Å². The lowest BCUT2D eigenvalue weighted by Gasteiger charge is -2.01. The van der Waals surface area contributed by atoms with Gasteiger partial charge in [0.05, 0.1) is 17.9 Å². The van der Waals surface area contributed by atoms with Crippen LogP contribution in [0.3, 0.4) is 0 Å². The number of benzene rings is 1. The summed E-state index contributed by atoms with van der Waals surface area (Å²) in [4.78, 5) is 11.6. The summed E-state index contributed by atoms with van der Waals surface area (Å²) in [6.07, 6.45) is 1.40. The second-order valence-electron chi connectivity index (χ2n) is 3.13. The first kappa shape index (κ1) is 11.3. The van der Waals surface area contributed by atoms with Crippen molar-refractivity contribution in [1.29, 1.82) is 0 Å². The molecule has 0 saturated heterocycles. The molecule has 1 heterocycles. The molecule has 1 aromatic carbocycles. The largest absolute Gasteiger partial charge is 0.292 e. The third kappa shape index (κ3) is 2.51. The molecule has 0 spiro atoms. The molecule has 2 rings (SSSR count). The molecule has 0 saturated carbocycles. The van der Waals surface area contributed by atoms with Crippen molar-refractivity contribution >= 4 is 33.4 Å². The number of rotatable bonds is 3. The fraction of sp³-hybridized carbons (Fsp3) is 0.100. The maximum atomic E-state index is 13.4. The Hall–Kier alpha value is -1.14. The van der Waals surface area contributed by atoms with Gasteiger partial charge in [-0.2, -0.15) is 8.75 Å². The molecule has 2 aromatic rings. The maximum Gasteiger partial charge on any atom is 0.188 e. The standard InChI is InChI=1S/C10H6BrFN2OS/c11-7-2-1-6(8(12)4-7)3-10(15)9-5-13-16-14-9/h1-2,4-5H,3H2. The highest BCUT2D eigenvalue weighted by molar-refractivity contribution is 9.10. The van der Waals surface area contributed by atoms with Gasteiger partial charge in [-0.1, -0.05) is 22.0 Å². The van der Waals surface area contributed by atoms with Gasteiger partial charge in [0.1, 0.15) is 11.5 Å². The Balaban J connectivity index is 2.18. The van der Waals surface area contributed by atoms with Crippen molar-refractivity contribution in [3.63, 3.8) is 0 Å². The molecular formula is C10H6BrFN2OS. The van der Waals surface area contributed by atoms with Crippen LogP contribution < -0.4 is 0 Å². The zero-order valence-corrected chi connectivity index (χ0v) is 10.4. The van der Waals surface area contributed by atoms with Gasteiger partial charge >= 0.3 is 0 Å². The molecule has 1 aromatic heterocycles. The fourth-order valence-corrected chi connectivity index (χ4v) is 1.98. The number of hydrogen-bond donors (Lipinski definition) is 0. The van der Waals surface area contributed by atoms with Crippen molar-refractivity contribution in [1.82, 2.24) is 8.75 Å². The Morgan fingerprint density at radius 1 is 1.50 bits per heavy atom. The number of halogens is 2. The third-order valence-corrected chi connectivity index (χ3v) is 2.98. The minimum Gasteiger partial charge on any atom is -0.292 e. The van der Waals surface area contributed by atoms with Crippen molar-refractivity contribution in [2.75, 3.05) is 0 Å². The minimum absolute atomic E-state index is 0.00449. The summed E-state index contributed by atoms with van der Waals surface area (Å²) < 4.78 is 21.6. The van der Waals surface area contributed by atoms with Crippen molar-refractivity contribution in [2.24, 2.45) is 0 Å². The van der Waals surface area contributed by atoms with Gasteiger partial charge in [0.15, 0.2) is 5.78 Å². The summed E-state index contributed by atoms with van der Waals surface area (Å²) in [7, 11) is 0. The van der Waals surface area contributed by atoms with E-state index in [4.69, 9.17) is 0 Å². The molecule has 82 valence electrons. The van der Waals surface area contributed by atoms with Gasteiger partial charge in [0.2, 0.25) is 0 Å². The van der Waals surface area contributed by atoms with Crippen LogP contribution in [0.4, 0.5) is 4.39 Å². The Morgan fingerprint density at radius 3 is 2.94 bits per heavy atom. The van der Waals surface area contributed by atoms with Gasteiger partial charge < -0.3 is 0 Å². The van der Waals surface area contributed by atoms with Crippen LogP contribution in [0.2, 0.25) is 0 Å². The van der Waals surface area contributed by atoms with E-state index < -0.39 is 5.82 Å². The van der Waals surface area contributed by atoms with Crippen molar-refractivity contribution < 1.29 is 9.18 Å². The van der Waals surface area contributed by atoms with Gasteiger partial charge in [0, 0.05) is 10.9 Å². The molecule has 0 bridgehead atoms. The highest BCUT2D eigenvalue weighted by Crippen LogP contribution is 2.16. The molecule has 0 radical (unpaired) electrons. The van der Waals surface area contributed by atoms with Crippen LogP contribution in [-0.2, 0) is 6.42 Å². The van der Waals surface area contributed by atoms with E-state index in [0.29, 0.717) is 10.0 Å². The summed E-state index contributed by atoms with van der Waals surface area (Å²) in [5.74, 6) is -0.624. The number of carbonyl (C=O) groups is 1. The topological polar surface area (TPSA) is 42.9 Å². The quantitative estimate of drug-likeness (QED) is 0.819. The second kappa shape index (κ2) is 4.80. The van der Waals surface area contributed by atoms with Crippen LogP contribution in [0, 0.1) is 5.82 Å². The molecule has 16 heavy (non-hydrogen) atoms. The Labute approximate surface area is 104 Å². The van der Waals surface area contributed by atoms with Gasteiger partial charge in [-0.25, -0.2) is 4.39 Å². The van der Waals surface area contributed by atoms with E-state index in [-0.39, 0.29) is 17.9 Å². The van der Waals surface area contributed by atoms with Crippen LogP contribution in [0.15, 0.2) is 28.9 Å². The lowest BCUT2D eigenvalue weighted by atomic mass is 10.1. The highest BCUT2D eigenvalue weighted by Gasteiger charge is 2.12. The number of nitrogens with zero attached hydrogens (tertiary/aromatic N) is 2. The average Bonchev–Trinajstić information content (AvgIpc) is 2.75. The van der Waals surface area contributed by atoms with E-state index in [1.54, 1.807) is 12.1 Å². The zero-order chi connectivity index (χ0) is 11.5. The van der Waals surface area contributed by atoms with Crippen molar-refractivity contribution in [3.8, 4) is 0 Å². The molecule has 0 aliphatic carbocycles. The minimum atomic E-state index is -0.397. The summed E-state index contributed by atoms with van der Waals surface area (Å²) in [5.41, 5.74) is 0.647. The average molecular weight is 301 g/mol.